The highest BCUT2D eigenvalue weighted by Gasteiger charge is 2.22. The summed E-state index contributed by atoms with van der Waals surface area (Å²) in [7, 11) is -2.35. The van der Waals surface area contributed by atoms with E-state index in [-0.39, 0.29) is 24.0 Å². The van der Waals surface area contributed by atoms with Gasteiger partial charge in [-0.3, -0.25) is 9.59 Å². The number of sulfonamides is 1. The van der Waals surface area contributed by atoms with Gasteiger partial charge in [0.1, 0.15) is 5.82 Å². The van der Waals surface area contributed by atoms with E-state index in [4.69, 9.17) is 5.11 Å². The molecular weight excluding hydrogens is 453 g/mol. The largest absolute Gasteiger partial charge is 0.481 e. The minimum atomic E-state index is -3.67. The molecule has 0 amide bonds. The maximum atomic E-state index is 13.5. The van der Waals surface area contributed by atoms with E-state index in [0.717, 1.165) is 10.6 Å². The highest BCUT2D eigenvalue weighted by Crippen LogP contribution is 2.31. The third-order valence-electron chi connectivity index (χ3n) is 4.69. The Morgan fingerprint density at radius 3 is 2.27 bits per heavy atom. The predicted octanol–water partition coefficient (Wildman–Crippen LogP) is 2.61. The number of carbonyl (C=O) groups is 2. The molecule has 11 heteroatoms. The van der Waals surface area contributed by atoms with E-state index in [1.54, 1.807) is 0 Å². The number of allylic oxidation sites excluding steroid dienone is 1. The standard InChI is InChI=1S/C22H26FN3O6S/c1-13(2)20-18(10-9-16(27)11-17(28)12-19(29)30)21(14-5-7-15(23)8-6-14)25-22(24-20)26(3)33(4,31)32/h5-10,13,17,28H,11-12H2,1-4H3,(H,29,30). The number of benzene rings is 1. The van der Waals surface area contributed by atoms with Gasteiger partial charge in [-0.2, -0.15) is 0 Å². The van der Waals surface area contributed by atoms with Gasteiger partial charge < -0.3 is 10.2 Å². The summed E-state index contributed by atoms with van der Waals surface area (Å²) in [5, 5.41) is 18.4. The first kappa shape index (κ1) is 26.1. The SMILES string of the molecule is CC(C)c1nc(N(C)S(C)(=O)=O)nc(-c2ccc(F)cc2)c1C=CC(=O)CC(O)CC(=O)O. The minimum absolute atomic E-state index is 0.0825. The molecule has 0 aliphatic heterocycles. The van der Waals surface area contributed by atoms with Crippen molar-refractivity contribution < 1.29 is 32.6 Å². The van der Waals surface area contributed by atoms with Crippen molar-refractivity contribution in [3.63, 3.8) is 0 Å². The molecule has 0 aliphatic rings. The Bertz CT molecular complexity index is 1160. The van der Waals surface area contributed by atoms with Gasteiger partial charge in [-0.05, 0) is 42.3 Å². The third kappa shape index (κ3) is 7.16. The number of halogens is 1. The van der Waals surface area contributed by atoms with Gasteiger partial charge in [0.15, 0.2) is 5.78 Å². The maximum Gasteiger partial charge on any atom is 0.305 e. The quantitative estimate of drug-likeness (QED) is 0.496. The number of aromatic nitrogens is 2. The molecule has 1 atom stereocenters. The summed E-state index contributed by atoms with van der Waals surface area (Å²) in [6.07, 6.45) is 1.35. The summed E-state index contributed by atoms with van der Waals surface area (Å²) in [6.45, 7) is 3.66. The molecule has 0 bridgehead atoms. The summed E-state index contributed by atoms with van der Waals surface area (Å²) < 4.78 is 38.5. The van der Waals surface area contributed by atoms with E-state index in [1.165, 1.54) is 43.5 Å². The zero-order valence-corrected chi connectivity index (χ0v) is 19.5. The second-order valence-corrected chi connectivity index (χ2v) is 9.83. The summed E-state index contributed by atoms with van der Waals surface area (Å²) >= 11 is 0. The molecular formula is C22H26FN3O6S. The van der Waals surface area contributed by atoms with Crippen LogP contribution in [0.5, 0.6) is 0 Å². The Labute approximate surface area is 191 Å². The van der Waals surface area contributed by atoms with E-state index in [2.05, 4.69) is 9.97 Å². The van der Waals surface area contributed by atoms with Crippen molar-refractivity contribution in [1.29, 1.82) is 0 Å². The number of hydrogen-bond acceptors (Lipinski definition) is 7. The molecule has 1 heterocycles. The number of rotatable bonds is 10. The molecule has 178 valence electrons. The highest BCUT2D eigenvalue weighted by atomic mass is 32.2. The van der Waals surface area contributed by atoms with E-state index < -0.39 is 40.1 Å². The summed E-state index contributed by atoms with van der Waals surface area (Å²) in [4.78, 5) is 31.7. The average molecular weight is 480 g/mol. The Kier molecular flexibility index (Phi) is 8.39. The van der Waals surface area contributed by atoms with Gasteiger partial charge in [-0.1, -0.05) is 13.8 Å². The highest BCUT2D eigenvalue weighted by molar-refractivity contribution is 7.92. The summed E-state index contributed by atoms with van der Waals surface area (Å²) in [6, 6.07) is 5.41. The van der Waals surface area contributed by atoms with E-state index in [9.17, 15) is 27.5 Å². The molecule has 1 aromatic heterocycles. The minimum Gasteiger partial charge on any atom is -0.481 e. The van der Waals surface area contributed by atoms with Gasteiger partial charge in [0.2, 0.25) is 16.0 Å². The number of carboxylic acids is 1. The molecule has 0 fully saturated rings. The molecule has 0 spiro atoms. The van der Waals surface area contributed by atoms with Crippen molar-refractivity contribution in [3.8, 4) is 11.3 Å². The number of carboxylic acid groups (broad SMARTS) is 1. The number of carbonyl (C=O) groups excluding carboxylic acids is 1. The van der Waals surface area contributed by atoms with Crippen LogP contribution in [0.25, 0.3) is 17.3 Å². The van der Waals surface area contributed by atoms with Crippen molar-refractivity contribution in [2.24, 2.45) is 0 Å². The Balaban J connectivity index is 2.62. The predicted molar refractivity (Wildman–Crippen MR) is 122 cm³/mol. The average Bonchev–Trinajstić information content (AvgIpc) is 2.70. The zero-order chi connectivity index (χ0) is 24.9. The fourth-order valence-electron chi connectivity index (χ4n) is 2.95. The van der Waals surface area contributed by atoms with Crippen molar-refractivity contribution in [1.82, 2.24) is 9.97 Å². The zero-order valence-electron chi connectivity index (χ0n) is 18.7. The fraction of sp³-hybridized carbons (Fsp3) is 0.364. The van der Waals surface area contributed by atoms with Crippen LogP contribution in [0.3, 0.4) is 0 Å². The van der Waals surface area contributed by atoms with Gasteiger partial charge in [0.25, 0.3) is 0 Å². The Morgan fingerprint density at radius 1 is 1.15 bits per heavy atom. The molecule has 0 saturated heterocycles. The molecule has 33 heavy (non-hydrogen) atoms. The normalized spacial score (nSPS) is 12.8. The summed E-state index contributed by atoms with van der Waals surface area (Å²) in [5.41, 5.74) is 1.63. The van der Waals surface area contributed by atoms with Crippen LogP contribution in [-0.4, -0.2) is 59.8 Å². The second-order valence-electron chi connectivity index (χ2n) is 7.82. The van der Waals surface area contributed by atoms with E-state index in [0.29, 0.717) is 16.8 Å². The molecule has 0 radical (unpaired) electrons. The van der Waals surface area contributed by atoms with E-state index >= 15 is 0 Å². The molecule has 2 rings (SSSR count). The van der Waals surface area contributed by atoms with Crippen LogP contribution in [0.4, 0.5) is 10.3 Å². The van der Waals surface area contributed by atoms with Gasteiger partial charge in [0.05, 0.1) is 30.2 Å². The van der Waals surface area contributed by atoms with Crippen LogP contribution in [0.15, 0.2) is 30.3 Å². The Morgan fingerprint density at radius 2 is 1.76 bits per heavy atom. The van der Waals surface area contributed by atoms with Gasteiger partial charge in [0, 0.05) is 24.6 Å². The number of ketones is 1. The van der Waals surface area contributed by atoms with Gasteiger partial charge in [-0.15, -0.1) is 0 Å². The lowest BCUT2D eigenvalue weighted by Gasteiger charge is -2.20. The number of hydrogen-bond donors (Lipinski definition) is 2. The number of nitrogens with zero attached hydrogens (tertiary/aromatic N) is 3. The monoisotopic (exact) mass is 479 g/mol. The van der Waals surface area contributed by atoms with Crippen molar-refractivity contribution in [2.75, 3.05) is 17.6 Å². The first-order chi connectivity index (χ1) is 15.3. The van der Waals surface area contributed by atoms with Crippen molar-refractivity contribution in [2.45, 2.75) is 38.7 Å². The number of aliphatic hydroxyl groups is 1. The molecule has 2 N–H and O–H groups in total. The molecule has 9 nitrogen and oxygen atoms in total. The molecule has 0 saturated carbocycles. The summed E-state index contributed by atoms with van der Waals surface area (Å²) in [5.74, 6) is -2.49. The van der Waals surface area contributed by atoms with E-state index in [1.807, 2.05) is 13.8 Å². The molecule has 1 aromatic carbocycles. The first-order valence-electron chi connectivity index (χ1n) is 10.0. The van der Waals surface area contributed by atoms with Crippen molar-refractivity contribution in [3.05, 3.63) is 47.4 Å². The maximum absolute atomic E-state index is 13.5. The van der Waals surface area contributed by atoms with Crippen LogP contribution >= 0.6 is 0 Å². The van der Waals surface area contributed by atoms with Crippen LogP contribution in [0.1, 0.15) is 43.9 Å². The number of aliphatic carboxylic acids is 1. The first-order valence-corrected chi connectivity index (χ1v) is 11.9. The molecule has 1 unspecified atom stereocenters. The van der Waals surface area contributed by atoms with Crippen molar-refractivity contribution >= 4 is 33.8 Å². The lowest BCUT2D eigenvalue weighted by Crippen LogP contribution is -2.27. The number of aliphatic hydroxyl groups excluding tert-OH is 1. The van der Waals surface area contributed by atoms with Gasteiger partial charge >= 0.3 is 5.97 Å². The number of anilines is 1. The lowest BCUT2D eigenvalue weighted by molar-refractivity contribution is -0.139. The van der Waals surface area contributed by atoms with Crippen LogP contribution in [-0.2, 0) is 19.6 Å². The lowest BCUT2D eigenvalue weighted by atomic mass is 9.97. The second kappa shape index (κ2) is 10.6. The van der Waals surface area contributed by atoms with Crippen LogP contribution < -0.4 is 4.31 Å². The topological polar surface area (TPSA) is 138 Å². The third-order valence-corrected chi connectivity index (χ3v) is 5.85. The smallest absolute Gasteiger partial charge is 0.305 e. The Hall–Kier alpha value is -3.18. The molecule has 2 aromatic rings. The van der Waals surface area contributed by atoms with Crippen LogP contribution in [0, 0.1) is 5.82 Å². The van der Waals surface area contributed by atoms with Crippen LogP contribution in [0.2, 0.25) is 0 Å². The fourth-order valence-corrected chi connectivity index (χ4v) is 3.32. The molecule has 0 aliphatic carbocycles. The van der Waals surface area contributed by atoms with Gasteiger partial charge in [-0.25, -0.2) is 27.1 Å².